The summed E-state index contributed by atoms with van der Waals surface area (Å²) in [5.74, 6) is 0.982. The molecule has 2 rings (SSSR count). The third-order valence-corrected chi connectivity index (χ3v) is 3.89. The van der Waals surface area contributed by atoms with Crippen molar-refractivity contribution >= 4 is 0 Å². The molecule has 0 fully saturated rings. The van der Waals surface area contributed by atoms with Crippen molar-refractivity contribution in [2.24, 2.45) is 0 Å². The minimum absolute atomic E-state index is 0.302. The van der Waals surface area contributed by atoms with Crippen molar-refractivity contribution < 1.29 is 10.2 Å². The molecule has 0 amide bonds. The van der Waals surface area contributed by atoms with E-state index in [1.807, 2.05) is 19.1 Å². The van der Waals surface area contributed by atoms with E-state index in [-0.39, 0.29) is 0 Å². The Morgan fingerprint density at radius 2 is 1.60 bits per heavy atom. The number of aromatic hydroxyl groups is 2. The fourth-order valence-corrected chi connectivity index (χ4v) is 2.76. The van der Waals surface area contributed by atoms with Gasteiger partial charge in [-0.15, -0.1) is 0 Å². The summed E-state index contributed by atoms with van der Waals surface area (Å²) < 4.78 is 0. The number of phenolic OH excluding ortho intramolecular Hbond substituents is 2. The van der Waals surface area contributed by atoms with Crippen LogP contribution in [0.2, 0.25) is 0 Å². The van der Waals surface area contributed by atoms with E-state index in [1.165, 1.54) is 11.1 Å². The second-order valence-corrected chi connectivity index (χ2v) is 5.72. The third-order valence-electron chi connectivity index (χ3n) is 3.89. The van der Waals surface area contributed by atoms with Gasteiger partial charge < -0.3 is 10.2 Å². The van der Waals surface area contributed by atoms with Crippen molar-refractivity contribution in [3.63, 3.8) is 0 Å². The molecule has 0 saturated carbocycles. The monoisotopic (exact) mass is 270 g/mol. The van der Waals surface area contributed by atoms with Crippen molar-refractivity contribution in [1.82, 2.24) is 0 Å². The molecular formula is C18H22O2. The highest BCUT2D eigenvalue weighted by Gasteiger charge is 2.13. The summed E-state index contributed by atoms with van der Waals surface area (Å²) in [4.78, 5) is 0. The molecule has 2 aromatic carbocycles. The predicted molar refractivity (Wildman–Crippen MR) is 82.6 cm³/mol. The molecule has 2 nitrogen and oxygen atoms in total. The molecule has 0 bridgehead atoms. The van der Waals surface area contributed by atoms with Gasteiger partial charge in [-0.25, -0.2) is 0 Å². The molecule has 2 aromatic rings. The van der Waals surface area contributed by atoms with Gasteiger partial charge in [-0.1, -0.05) is 26.0 Å². The highest BCUT2D eigenvalue weighted by Crippen LogP contribution is 2.32. The van der Waals surface area contributed by atoms with Crippen molar-refractivity contribution in [3.05, 3.63) is 58.1 Å². The summed E-state index contributed by atoms with van der Waals surface area (Å²) in [5, 5.41) is 19.5. The lowest BCUT2D eigenvalue weighted by Gasteiger charge is -2.17. The normalized spacial score (nSPS) is 11.1. The topological polar surface area (TPSA) is 40.5 Å². The zero-order valence-corrected chi connectivity index (χ0v) is 12.6. The van der Waals surface area contributed by atoms with Crippen molar-refractivity contribution in [3.8, 4) is 11.5 Å². The van der Waals surface area contributed by atoms with Crippen LogP contribution in [0.15, 0.2) is 30.3 Å². The number of rotatable bonds is 3. The lowest BCUT2D eigenvalue weighted by atomic mass is 9.90. The fraction of sp³-hybridized carbons (Fsp3) is 0.333. The second kappa shape index (κ2) is 5.58. The van der Waals surface area contributed by atoms with Crippen LogP contribution in [0.5, 0.6) is 11.5 Å². The summed E-state index contributed by atoms with van der Waals surface area (Å²) in [6, 6.07) is 9.25. The molecule has 0 aliphatic rings. The second-order valence-electron chi connectivity index (χ2n) is 5.72. The molecule has 2 N–H and O–H groups in total. The van der Waals surface area contributed by atoms with Crippen LogP contribution in [0.1, 0.15) is 47.6 Å². The van der Waals surface area contributed by atoms with Crippen LogP contribution in [-0.4, -0.2) is 10.2 Å². The van der Waals surface area contributed by atoms with E-state index in [4.69, 9.17) is 0 Å². The number of hydrogen-bond acceptors (Lipinski definition) is 2. The molecule has 106 valence electrons. The van der Waals surface area contributed by atoms with E-state index in [0.29, 0.717) is 17.4 Å². The maximum atomic E-state index is 10.0. The molecule has 0 aliphatic heterocycles. The van der Waals surface area contributed by atoms with Gasteiger partial charge in [0.2, 0.25) is 0 Å². The van der Waals surface area contributed by atoms with Gasteiger partial charge in [0.15, 0.2) is 0 Å². The van der Waals surface area contributed by atoms with Crippen molar-refractivity contribution in [2.75, 3.05) is 0 Å². The first kappa shape index (κ1) is 14.4. The van der Waals surface area contributed by atoms with E-state index in [2.05, 4.69) is 20.8 Å². The predicted octanol–water partition coefficient (Wildman–Crippen LogP) is 4.43. The van der Waals surface area contributed by atoms with Gasteiger partial charge in [-0.3, -0.25) is 0 Å². The molecule has 0 heterocycles. The van der Waals surface area contributed by atoms with Crippen LogP contribution in [0.3, 0.4) is 0 Å². The Balaban J connectivity index is 2.42. The van der Waals surface area contributed by atoms with Crippen LogP contribution < -0.4 is 0 Å². The summed E-state index contributed by atoms with van der Waals surface area (Å²) in [5.41, 5.74) is 5.70. The Morgan fingerprint density at radius 1 is 0.950 bits per heavy atom. The highest BCUT2D eigenvalue weighted by atomic mass is 16.3. The average Bonchev–Trinajstić information content (AvgIpc) is 2.35. The van der Waals surface area contributed by atoms with Crippen LogP contribution in [0.25, 0.3) is 0 Å². The molecule has 0 atom stereocenters. The molecule has 0 unspecified atom stereocenters. The van der Waals surface area contributed by atoms with Crippen molar-refractivity contribution in [1.29, 1.82) is 0 Å². The minimum atomic E-state index is 0.302. The standard InChI is InChI=1S/C18H22O2/c1-11(2)18-13(4)15(6-8-17(18)20)10-14-5-7-16(19)9-12(14)3/h5-9,11,19-20H,10H2,1-4H3. The smallest absolute Gasteiger partial charge is 0.119 e. The SMILES string of the molecule is Cc1cc(O)ccc1Cc1ccc(O)c(C(C)C)c1C. The summed E-state index contributed by atoms with van der Waals surface area (Å²) in [6.45, 7) is 8.27. The zero-order valence-electron chi connectivity index (χ0n) is 12.6. The molecule has 0 aromatic heterocycles. The summed E-state index contributed by atoms with van der Waals surface area (Å²) in [6.07, 6.45) is 0.817. The molecular weight excluding hydrogens is 248 g/mol. The van der Waals surface area contributed by atoms with Gasteiger partial charge >= 0.3 is 0 Å². The van der Waals surface area contributed by atoms with Gasteiger partial charge in [0.25, 0.3) is 0 Å². The van der Waals surface area contributed by atoms with Crippen LogP contribution in [-0.2, 0) is 6.42 Å². The Morgan fingerprint density at radius 3 is 2.20 bits per heavy atom. The van der Waals surface area contributed by atoms with Gasteiger partial charge in [0.1, 0.15) is 11.5 Å². The van der Waals surface area contributed by atoms with Crippen molar-refractivity contribution in [2.45, 2.75) is 40.0 Å². The third kappa shape index (κ3) is 2.79. The number of aryl methyl sites for hydroxylation is 1. The van der Waals surface area contributed by atoms with Gasteiger partial charge in [0, 0.05) is 0 Å². The maximum absolute atomic E-state index is 10.0. The number of hydrogen-bond donors (Lipinski definition) is 2. The quantitative estimate of drug-likeness (QED) is 0.866. The number of phenols is 2. The average molecular weight is 270 g/mol. The molecule has 0 saturated heterocycles. The van der Waals surface area contributed by atoms with Crippen LogP contribution in [0.4, 0.5) is 0 Å². The van der Waals surface area contributed by atoms with E-state index >= 15 is 0 Å². The Labute approximate surface area is 120 Å². The maximum Gasteiger partial charge on any atom is 0.119 e. The van der Waals surface area contributed by atoms with Crippen LogP contribution >= 0.6 is 0 Å². The van der Waals surface area contributed by atoms with Gasteiger partial charge in [0.05, 0.1) is 0 Å². The summed E-state index contributed by atoms with van der Waals surface area (Å²) in [7, 11) is 0. The minimum Gasteiger partial charge on any atom is -0.508 e. The van der Waals surface area contributed by atoms with E-state index in [9.17, 15) is 10.2 Å². The molecule has 0 aliphatic carbocycles. The van der Waals surface area contributed by atoms with Gasteiger partial charge in [-0.05, 0) is 72.2 Å². The molecule has 2 heteroatoms. The van der Waals surface area contributed by atoms with E-state index in [0.717, 1.165) is 23.1 Å². The van der Waals surface area contributed by atoms with E-state index < -0.39 is 0 Å². The van der Waals surface area contributed by atoms with Crippen LogP contribution in [0, 0.1) is 13.8 Å². The lowest BCUT2D eigenvalue weighted by Crippen LogP contribution is -2.00. The lowest BCUT2D eigenvalue weighted by molar-refractivity contribution is 0.463. The Kier molecular flexibility index (Phi) is 4.03. The Bertz CT molecular complexity index is 628. The summed E-state index contributed by atoms with van der Waals surface area (Å²) >= 11 is 0. The number of benzene rings is 2. The van der Waals surface area contributed by atoms with E-state index in [1.54, 1.807) is 18.2 Å². The first-order valence-corrected chi connectivity index (χ1v) is 7.00. The Hall–Kier alpha value is -1.96. The molecule has 20 heavy (non-hydrogen) atoms. The molecule has 0 radical (unpaired) electrons. The highest BCUT2D eigenvalue weighted by molar-refractivity contribution is 5.48. The first-order chi connectivity index (χ1) is 9.40. The zero-order chi connectivity index (χ0) is 14.9. The first-order valence-electron chi connectivity index (χ1n) is 7.00. The molecule has 0 spiro atoms. The van der Waals surface area contributed by atoms with Gasteiger partial charge in [-0.2, -0.15) is 0 Å². The largest absolute Gasteiger partial charge is 0.508 e. The fourth-order valence-electron chi connectivity index (χ4n) is 2.76.